The van der Waals surface area contributed by atoms with E-state index < -0.39 is 0 Å². The molecule has 23 heavy (non-hydrogen) atoms. The Morgan fingerprint density at radius 3 is 2.57 bits per heavy atom. The predicted octanol–water partition coefficient (Wildman–Crippen LogP) is 1.76. The zero-order valence-corrected chi connectivity index (χ0v) is 14.5. The second-order valence-electron chi connectivity index (χ2n) is 6.29. The number of aryl methyl sites for hydroxylation is 1. The van der Waals surface area contributed by atoms with Gasteiger partial charge < -0.3 is 4.90 Å². The standard InChI is InChI=1S/C16H24N6O/c1-6-7-20-8-14-17-18-15(22(14)13(5)16(20)23)9-21-12(4)10(2)11(3)19-21/h13H,6-9H2,1-5H3/t13-/m1/s1. The molecule has 0 saturated heterocycles. The average molecular weight is 316 g/mol. The lowest BCUT2D eigenvalue weighted by molar-refractivity contribution is -0.137. The van der Waals surface area contributed by atoms with Gasteiger partial charge in [0.2, 0.25) is 5.91 Å². The van der Waals surface area contributed by atoms with Gasteiger partial charge in [-0.05, 0) is 39.7 Å². The number of hydrogen-bond donors (Lipinski definition) is 0. The maximum Gasteiger partial charge on any atom is 0.245 e. The lowest BCUT2D eigenvalue weighted by atomic mass is 10.2. The van der Waals surface area contributed by atoms with Crippen molar-refractivity contribution in [1.29, 1.82) is 0 Å². The van der Waals surface area contributed by atoms with Gasteiger partial charge in [-0.1, -0.05) is 6.92 Å². The molecule has 0 aromatic carbocycles. The van der Waals surface area contributed by atoms with E-state index in [-0.39, 0.29) is 11.9 Å². The lowest BCUT2D eigenvalue weighted by Gasteiger charge is -2.31. The van der Waals surface area contributed by atoms with Crippen LogP contribution >= 0.6 is 0 Å². The van der Waals surface area contributed by atoms with Gasteiger partial charge in [0.25, 0.3) is 0 Å². The van der Waals surface area contributed by atoms with Crippen molar-refractivity contribution in [3.8, 4) is 0 Å². The van der Waals surface area contributed by atoms with Crippen molar-refractivity contribution in [3.63, 3.8) is 0 Å². The monoisotopic (exact) mass is 316 g/mol. The molecule has 0 saturated carbocycles. The summed E-state index contributed by atoms with van der Waals surface area (Å²) in [7, 11) is 0. The molecule has 0 bridgehead atoms. The van der Waals surface area contributed by atoms with Crippen molar-refractivity contribution in [3.05, 3.63) is 28.6 Å². The molecule has 0 unspecified atom stereocenters. The Morgan fingerprint density at radius 2 is 1.96 bits per heavy atom. The van der Waals surface area contributed by atoms with Crippen LogP contribution in [0.4, 0.5) is 0 Å². The van der Waals surface area contributed by atoms with Gasteiger partial charge in [0.05, 0.1) is 12.2 Å². The molecule has 7 heteroatoms. The van der Waals surface area contributed by atoms with E-state index in [0.717, 1.165) is 36.0 Å². The molecule has 1 amide bonds. The number of fused-ring (bicyclic) bond motifs is 1. The van der Waals surface area contributed by atoms with Crippen LogP contribution < -0.4 is 0 Å². The highest BCUT2D eigenvalue weighted by atomic mass is 16.2. The van der Waals surface area contributed by atoms with E-state index in [4.69, 9.17) is 0 Å². The average Bonchev–Trinajstić information content (AvgIpc) is 3.02. The third-order valence-corrected chi connectivity index (χ3v) is 4.75. The molecule has 1 atom stereocenters. The first kappa shape index (κ1) is 15.7. The SMILES string of the molecule is CCCN1Cc2nnc(Cn3nc(C)c(C)c3C)n2[C@H](C)C1=O. The summed E-state index contributed by atoms with van der Waals surface area (Å²) in [4.78, 5) is 14.4. The van der Waals surface area contributed by atoms with E-state index in [9.17, 15) is 4.79 Å². The van der Waals surface area contributed by atoms with Gasteiger partial charge in [0.1, 0.15) is 12.6 Å². The molecule has 3 heterocycles. The number of carbonyl (C=O) groups is 1. The zero-order chi connectivity index (χ0) is 16.7. The van der Waals surface area contributed by atoms with Crippen molar-refractivity contribution >= 4 is 5.91 Å². The largest absolute Gasteiger partial charge is 0.333 e. The van der Waals surface area contributed by atoms with Gasteiger partial charge in [0, 0.05) is 12.2 Å². The summed E-state index contributed by atoms with van der Waals surface area (Å²) in [5.41, 5.74) is 3.35. The summed E-state index contributed by atoms with van der Waals surface area (Å²) in [6.45, 7) is 12.0. The fourth-order valence-corrected chi connectivity index (χ4v) is 3.18. The van der Waals surface area contributed by atoms with Crippen molar-refractivity contribution in [2.75, 3.05) is 6.54 Å². The summed E-state index contributed by atoms with van der Waals surface area (Å²) in [5, 5.41) is 13.2. The van der Waals surface area contributed by atoms with Crippen molar-refractivity contribution < 1.29 is 4.79 Å². The van der Waals surface area contributed by atoms with E-state index in [1.54, 1.807) is 0 Å². The first-order chi connectivity index (χ1) is 10.9. The highest BCUT2D eigenvalue weighted by Crippen LogP contribution is 2.24. The molecule has 0 aliphatic carbocycles. The second-order valence-corrected chi connectivity index (χ2v) is 6.29. The molecule has 7 nitrogen and oxygen atoms in total. The van der Waals surface area contributed by atoms with E-state index in [1.165, 1.54) is 5.56 Å². The highest BCUT2D eigenvalue weighted by molar-refractivity contribution is 5.81. The van der Waals surface area contributed by atoms with Gasteiger partial charge >= 0.3 is 0 Å². The molecule has 1 aliphatic heterocycles. The van der Waals surface area contributed by atoms with Gasteiger partial charge in [0.15, 0.2) is 11.6 Å². The smallest absolute Gasteiger partial charge is 0.245 e. The Balaban J connectivity index is 1.93. The first-order valence-electron chi connectivity index (χ1n) is 8.16. The summed E-state index contributed by atoms with van der Waals surface area (Å²) in [5.74, 6) is 1.80. The zero-order valence-electron chi connectivity index (χ0n) is 14.5. The van der Waals surface area contributed by atoms with Gasteiger partial charge in [-0.15, -0.1) is 10.2 Å². The second kappa shape index (κ2) is 5.79. The van der Waals surface area contributed by atoms with Gasteiger partial charge in [-0.2, -0.15) is 5.10 Å². The number of carbonyl (C=O) groups excluding carboxylic acids is 1. The maximum atomic E-state index is 12.5. The minimum atomic E-state index is -0.256. The molecule has 2 aromatic rings. The van der Waals surface area contributed by atoms with Crippen LogP contribution in [0.1, 0.15) is 54.9 Å². The normalized spacial score (nSPS) is 17.7. The fraction of sp³-hybridized carbons (Fsp3) is 0.625. The minimum absolute atomic E-state index is 0.143. The van der Waals surface area contributed by atoms with E-state index in [2.05, 4.69) is 36.1 Å². The Hall–Kier alpha value is -2.18. The predicted molar refractivity (Wildman–Crippen MR) is 86.0 cm³/mol. The molecule has 2 aromatic heterocycles. The van der Waals surface area contributed by atoms with Crippen LogP contribution in [0.2, 0.25) is 0 Å². The number of hydrogen-bond acceptors (Lipinski definition) is 4. The van der Waals surface area contributed by atoms with Crippen molar-refractivity contribution in [2.24, 2.45) is 0 Å². The van der Waals surface area contributed by atoms with Crippen LogP contribution in [-0.2, 0) is 17.9 Å². The molecular weight excluding hydrogens is 292 g/mol. The molecule has 0 N–H and O–H groups in total. The maximum absolute atomic E-state index is 12.5. The lowest BCUT2D eigenvalue weighted by Crippen LogP contribution is -2.42. The molecule has 3 rings (SSSR count). The Morgan fingerprint density at radius 1 is 1.22 bits per heavy atom. The molecule has 1 aliphatic rings. The highest BCUT2D eigenvalue weighted by Gasteiger charge is 2.32. The van der Waals surface area contributed by atoms with Gasteiger partial charge in [-0.3, -0.25) is 14.0 Å². The van der Waals surface area contributed by atoms with E-state index in [1.807, 2.05) is 28.0 Å². The topological polar surface area (TPSA) is 68.8 Å². The summed E-state index contributed by atoms with van der Waals surface area (Å²) < 4.78 is 3.91. The summed E-state index contributed by atoms with van der Waals surface area (Å²) in [6.07, 6.45) is 0.949. The first-order valence-corrected chi connectivity index (χ1v) is 8.16. The van der Waals surface area contributed by atoms with Crippen LogP contribution in [0.15, 0.2) is 0 Å². The van der Waals surface area contributed by atoms with Crippen LogP contribution in [0.25, 0.3) is 0 Å². The van der Waals surface area contributed by atoms with Crippen LogP contribution in [-0.4, -0.2) is 41.9 Å². The Kier molecular flexibility index (Phi) is 3.95. The number of rotatable bonds is 4. The van der Waals surface area contributed by atoms with Crippen molar-refractivity contribution in [1.82, 2.24) is 29.4 Å². The number of nitrogens with zero attached hydrogens (tertiary/aromatic N) is 6. The Bertz CT molecular complexity index is 744. The summed E-state index contributed by atoms with van der Waals surface area (Å²) >= 11 is 0. The number of amides is 1. The van der Waals surface area contributed by atoms with E-state index in [0.29, 0.717) is 13.1 Å². The third-order valence-electron chi connectivity index (χ3n) is 4.75. The van der Waals surface area contributed by atoms with Crippen LogP contribution in [0.3, 0.4) is 0 Å². The third kappa shape index (κ3) is 2.54. The minimum Gasteiger partial charge on any atom is -0.333 e. The molecular formula is C16H24N6O. The quantitative estimate of drug-likeness (QED) is 0.862. The van der Waals surface area contributed by atoms with Gasteiger partial charge in [-0.25, -0.2) is 0 Å². The van der Waals surface area contributed by atoms with E-state index >= 15 is 0 Å². The fourth-order valence-electron chi connectivity index (χ4n) is 3.18. The molecule has 0 fully saturated rings. The molecule has 0 radical (unpaired) electrons. The van der Waals surface area contributed by atoms with Crippen LogP contribution in [0.5, 0.6) is 0 Å². The molecule has 124 valence electrons. The number of aromatic nitrogens is 5. The Labute approximate surface area is 136 Å². The summed E-state index contributed by atoms with van der Waals surface area (Å²) in [6, 6.07) is -0.256. The van der Waals surface area contributed by atoms with Crippen LogP contribution in [0, 0.1) is 20.8 Å². The molecule has 0 spiro atoms. The van der Waals surface area contributed by atoms with Crippen molar-refractivity contribution in [2.45, 2.75) is 60.2 Å².